The minimum absolute atomic E-state index is 0.0412. The third-order valence-electron chi connectivity index (χ3n) is 3.27. The fourth-order valence-electron chi connectivity index (χ4n) is 2.18. The van der Waals surface area contributed by atoms with Crippen LogP contribution in [-0.2, 0) is 4.79 Å². The van der Waals surface area contributed by atoms with Gasteiger partial charge in [0.05, 0.1) is 12.1 Å². The quantitative estimate of drug-likeness (QED) is 0.619. The van der Waals surface area contributed by atoms with Crippen LogP contribution in [0.3, 0.4) is 0 Å². The summed E-state index contributed by atoms with van der Waals surface area (Å²) >= 11 is 0. The van der Waals surface area contributed by atoms with Gasteiger partial charge in [-0.1, -0.05) is 26.2 Å². The summed E-state index contributed by atoms with van der Waals surface area (Å²) in [7, 11) is 1.84. The monoisotopic (exact) mass is 228 g/mol. The molecular formula is C12H24N2O2. The van der Waals surface area contributed by atoms with Crippen LogP contribution in [0, 0.1) is 5.92 Å². The molecule has 0 saturated heterocycles. The van der Waals surface area contributed by atoms with Gasteiger partial charge in [-0.15, -0.1) is 0 Å². The first-order valence-corrected chi connectivity index (χ1v) is 6.28. The number of amides is 1. The number of hydrogen-bond acceptors (Lipinski definition) is 3. The first kappa shape index (κ1) is 13.5. The smallest absolute Gasteiger partial charge is 0.224 e. The van der Waals surface area contributed by atoms with Gasteiger partial charge in [-0.2, -0.15) is 0 Å². The molecule has 3 N–H and O–H groups in total. The van der Waals surface area contributed by atoms with Gasteiger partial charge in [0, 0.05) is 12.5 Å². The molecule has 1 saturated carbocycles. The van der Waals surface area contributed by atoms with Crippen LogP contribution in [0.4, 0.5) is 0 Å². The van der Waals surface area contributed by atoms with E-state index in [1.165, 1.54) is 0 Å². The van der Waals surface area contributed by atoms with E-state index in [2.05, 4.69) is 10.6 Å². The van der Waals surface area contributed by atoms with Gasteiger partial charge in [0.1, 0.15) is 0 Å². The van der Waals surface area contributed by atoms with Crippen LogP contribution in [-0.4, -0.2) is 36.8 Å². The summed E-state index contributed by atoms with van der Waals surface area (Å²) < 4.78 is 0. The third kappa shape index (κ3) is 4.10. The maximum atomic E-state index is 11.8. The van der Waals surface area contributed by atoms with Crippen molar-refractivity contribution in [2.75, 3.05) is 13.6 Å². The normalized spacial score (nSPS) is 28.2. The van der Waals surface area contributed by atoms with E-state index in [4.69, 9.17) is 0 Å². The first-order valence-electron chi connectivity index (χ1n) is 6.28. The highest BCUT2D eigenvalue weighted by Gasteiger charge is 2.24. The Kier molecular flexibility index (Phi) is 5.77. The van der Waals surface area contributed by atoms with Crippen LogP contribution >= 0.6 is 0 Å². The second-order valence-corrected chi connectivity index (χ2v) is 4.78. The molecule has 0 radical (unpaired) electrons. The molecule has 4 nitrogen and oxygen atoms in total. The number of nitrogens with one attached hydrogen (secondary N) is 2. The molecule has 1 aliphatic rings. The number of carbonyl (C=O) groups is 1. The van der Waals surface area contributed by atoms with Crippen molar-refractivity contribution in [1.29, 1.82) is 0 Å². The van der Waals surface area contributed by atoms with Crippen molar-refractivity contribution in [3.63, 3.8) is 0 Å². The van der Waals surface area contributed by atoms with E-state index in [-0.39, 0.29) is 24.0 Å². The molecule has 3 unspecified atom stereocenters. The largest absolute Gasteiger partial charge is 0.391 e. The standard InChI is InChI=1S/C12H24N2O2/c1-9(8-13-2)12(16)14-10-6-4-3-5-7-11(10)15/h9-11,13,15H,3-8H2,1-2H3,(H,14,16). The molecule has 94 valence electrons. The molecule has 1 aliphatic carbocycles. The number of aliphatic hydroxyl groups is 1. The van der Waals surface area contributed by atoms with Crippen molar-refractivity contribution in [3.05, 3.63) is 0 Å². The number of rotatable bonds is 4. The van der Waals surface area contributed by atoms with Crippen LogP contribution in [0.1, 0.15) is 39.0 Å². The van der Waals surface area contributed by atoms with Crippen molar-refractivity contribution in [3.8, 4) is 0 Å². The minimum atomic E-state index is -0.367. The molecule has 0 bridgehead atoms. The average molecular weight is 228 g/mol. The highest BCUT2D eigenvalue weighted by molar-refractivity contribution is 5.78. The number of carbonyl (C=O) groups excluding carboxylic acids is 1. The molecule has 0 aromatic carbocycles. The van der Waals surface area contributed by atoms with Gasteiger partial charge in [-0.3, -0.25) is 4.79 Å². The second-order valence-electron chi connectivity index (χ2n) is 4.78. The van der Waals surface area contributed by atoms with Crippen LogP contribution in [0.5, 0.6) is 0 Å². The van der Waals surface area contributed by atoms with Gasteiger partial charge in [0.25, 0.3) is 0 Å². The maximum Gasteiger partial charge on any atom is 0.224 e. The predicted molar refractivity (Wildman–Crippen MR) is 64.1 cm³/mol. The fourth-order valence-corrected chi connectivity index (χ4v) is 2.18. The zero-order valence-corrected chi connectivity index (χ0v) is 10.3. The summed E-state index contributed by atoms with van der Waals surface area (Å²) in [5.41, 5.74) is 0. The lowest BCUT2D eigenvalue weighted by atomic mass is 10.0. The average Bonchev–Trinajstić information content (AvgIpc) is 2.45. The number of aliphatic hydroxyl groups excluding tert-OH is 1. The Bertz CT molecular complexity index is 221. The summed E-state index contributed by atoms with van der Waals surface area (Å²) in [6, 6.07) is -0.0469. The lowest BCUT2D eigenvalue weighted by molar-refractivity contribution is -0.126. The summed E-state index contributed by atoms with van der Waals surface area (Å²) in [6.07, 6.45) is 4.68. The first-order chi connectivity index (χ1) is 7.65. The van der Waals surface area contributed by atoms with Gasteiger partial charge in [0.2, 0.25) is 5.91 Å². The highest BCUT2D eigenvalue weighted by Crippen LogP contribution is 2.18. The van der Waals surface area contributed by atoms with Crippen molar-refractivity contribution >= 4 is 5.91 Å². The van der Waals surface area contributed by atoms with Gasteiger partial charge in [-0.25, -0.2) is 0 Å². The lowest BCUT2D eigenvalue weighted by Crippen LogP contribution is -2.46. The Balaban J connectivity index is 2.41. The van der Waals surface area contributed by atoms with Crippen molar-refractivity contribution in [2.24, 2.45) is 5.92 Å². The Hall–Kier alpha value is -0.610. The van der Waals surface area contributed by atoms with E-state index in [0.29, 0.717) is 6.54 Å². The molecule has 0 aromatic rings. The molecule has 4 heteroatoms. The van der Waals surface area contributed by atoms with E-state index in [1.807, 2.05) is 14.0 Å². The molecule has 0 heterocycles. The predicted octanol–water partition coefficient (Wildman–Crippen LogP) is 0.652. The number of hydrogen-bond donors (Lipinski definition) is 3. The van der Waals surface area contributed by atoms with E-state index >= 15 is 0 Å². The summed E-state index contributed by atoms with van der Waals surface area (Å²) in [4.78, 5) is 11.8. The maximum absolute atomic E-state index is 11.8. The zero-order valence-electron chi connectivity index (χ0n) is 10.3. The SMILES string of the molecule is CNCC(C)C(=O)NC1CCCCCC1O. The van der Waals surface area contributed by atoms with E-state index in [0.717, 1.165) is 32.1 Å². The molecule has 0 aromatic heterocycles. The van der Waals surface area contributed by atoms with Crippen LogP contribution < -0.4 is 10.6 Å². The van der Waals surface area contributed by atoms with E-state index < -0.39 is 0 Å². The fraction of sp³-hybridized carbons (Fsp3) is 0.917. The lowest BCUT2D eigenvalue weighted by Gasteiger charge is -2.23. The van der Waals surface area contributed by atoms with Gasteiger partial charge in [-0.05, 0) is 19.9 Å². The Labute approximate surface area is 97.8 Å². The molecule has 3 atom stereocenters. The van der Waals surface area contributed by atoms with Crippen LogP contribution in [0.2, 0.25) is 0 Å². The van der Waals surface area contributed by atoms with Crippen molar-refractivity contribution in [1.82, 2.24) is 10.6 Å². The Morgan fingerprint density at radius 2 is 2.06 bits per heavy atom. The zero-order chi connectivity index (χ0) is 12.0. The van der Waals surface area contributed by atoms with Crippen molar-refractivity contribution in [2.45, 2.75) is 51.2 Å². The molecule has 16 heavy (non-hydrogen) atoms. The second kappa shape index (κ2) is 6.86. The van der Waals surface area contributed by atoms with E-state index in [9.17, 15) is 9.90 Å². The Morgan fingerprint density at radius 3 is 2.75 bits per heavy atom. The molecule has 1 amide bonds. The summed E-state index contributed by atoms with van der Waals surface area (Å²) in [5.74, 6) is 0.000697. The highest BCUT2D eigenvalue weighted by atomic mass is 16.3. The van der Waals surface area contributed by atoms with Gasteiger partial charge < -0.3 is 15.7 Å². The van der Waals surface area contributed by atoms with Crippen LogP contribution in [0.25, 0.3) is 0 Å². The van der Waals surface area contributed by atoms with Crippen molar-refractivity contribution < 1.29 is 9.90 Å². The topological polar surface area (TPSA) is 61.4 Å². The van der Waals surface area contributed by atoms with Gasteiger partial charge in [0.15, 0.2) is 0 Å². The molecule has 0 aliphatic heterocycles. The minimum Gasteiger partial charge on any atom is -0.391 e. The van der Waals surface area contributed by atoms with Crippen LogP contribution in [0.15, 0.2) is 0 Å². The Morgan fingerprint density at radius 1 is 1.38 bits per heavy atom. The third-order valence-corrected chi connectivity index (χ3v) is 3.27. The van der Waals surface area contributed by atoms with E-state index in [1.54, 1.807) is 0 Å². The molecule has 0 spiro atoms. The molecule has 1 fully saturated rings. The summed E-state index contributed by atoms with van der Waals surface area (Å²) in [5, 5.41) is 15.8. The summed E-state index contributed by atoms with van der Waals surface area (Å²) in [6.45, 7) is 2.57. The van der Waals surface area contributed by atoms with Gasteiger partial charge >= 0.3 is 0 Å². The molecular weight excluding hydrogens is 204 g/mol. The molecule has 1 rings (SSSR count).